The summed E-state index contributed by atoms with van der Waals surface area (Å²) in [6, 6.07) is 3.69. The second kappa shape index (κ2) is 8.25. The van der Waals surface area contributed by atoms with E-state index in [2.05, 4.69) is 18.8 Å². The fourth-order valence-electron chi connectivity index (χ4n) is 2.94. The lowest BCUT2D eigenvalue weighted by atomic mass is 9.79. The fourth-order valence-corrected chi connectivity index (χ4v) is 2.94. The minimum Gasteiger partial charge on any atom is -0.459 e. The Morgan fingerprint density at radius 1 is 1.44 bits per heavy atom. The normalized spacial score (nSPS) is 19.0. The van der Waals surface area contributed by atoms with Crippen molar-refractivity contribution in [3.8, 4) is 11.7 Å². The highest BCUT2D eigenvalue weighted by molar-refractivity contribution is 5.85. The van der Waals surface area contributed by atoms with Gasteiger partial charge in [0.25, 0.3) is 5.89 Å². The largest absolute Gasteiger partial charge is 0.459 e. The Kier molecular flexibility index (Phi) is 7.11. The van der Waals surface area contributed by atoms with Crippen LogP contribution in [0.15, 0.2) is 27.2 Å². The number of halogens is 2. The molecule has 8 heteroatoms. The maximum atomic E-state index is 12.6. The highest BCUT2D eigenvalue weighted by atomic mass is 35.5. The molecule has 0 aliphatic carbocycles. The maximum Gasteiger partial charge on any atom is 0.263 e. The van der Waals surface area contributed by atoms with E-state index in [0.717, 1.165) is 6.42 Å². The lowest BCUT2D eigenvalue weighted by Gasteiger charge is -2.42. The lowest BCUT2D eigenvalue weighted by Crippen LogP contribution is -2.54. The van der Waals surface area contributed by atoms with Crippen LogP contribution < -0.4 is 5.73 Å². The van der Waals surface area contributed by atoms with E-state index >= 15 is 0 Å². The molecule has 1 aliphatic rings. The quantitative estimate of drug-likeness (QED) is 0.870. The molecule has 1 saturated heterocycles. The number of likely N-dealkylation sites (tertiary alicyclic amines) is 1. The van der Waals surface area contributed by atoms with Gasteiger partial charge >= 0.3 is 0 Å². The average molecular weight is 390 g/mol. The molecule has 0 saturated carbocycles. The Morgan fingerprint density at radius 2 is 2.16 bits per heavy atom. The number of aryl methyl sites for hydroxylation is 1. The van der Waals surface area contributed by atoms with Crippen molar-refractivity contribution in [2.75, 3.05) is 13.1 Å². The summed E-state index contributed by atoms with van der Waals surface area (Å²) in [4.78, 5) is 18.9. The van der Waals surface area contributed by atoms with E-state index in [-0.39, 0.29) is 48.6 Å². The van der Waals surface area contributed by atoms with E-state index in [9.17, 15) is 4.79 Å². The van der Waals surface area contributed by atoms with Crippen LogP contribution in [0, 0.1) is 12.3 Å². The summed E-state index contributed by atoms with van der Waals surface area (Å²) in [5, 5.41) is 0. The summed E-state index contributed by atoms with van der Waals surface area (Å²) in [7, 11) is 0. The first kappa shape index (κ1) is 21.5. The molecule has 25 heavy (non-hydrogen) atoms. The highest BCUT2D eigenvalue weighted by Crippen LogP contribution is 2.28. The predicted octanol–water partition coefficient (Wildman–Crippen LogP) is 3.21. The van der Waals surface area contributed by atoms with Crippen molar-refractivity contribution in [3.63, 3.8) is 0 Å². The van der Waals surface area contributed by atoms with E-state index in [0.29, 0.717) is 36.2 Å². The molecule has 0 radical (unpaired) electrons. The minimum absolute atomic E-state index is 0. The van der Waals surface area contributed by atoms with Crippen molar-refractivity contribution in [2.45, 2.75) is 39.7 Å². The molecule has 2 aromatic heterocycles. The van der Waals surface area contributed by atoms with Crippen LogP contribution in [0.1, 0.15) is 31.7 Å². The van der Waals surface area contributed by atoms with E-state index in [1.165, 1.54) is 0 Å². The third-order valence-electron chi connectivity index (χ3n) is 4.61. The van der Waals surface area contributed by atoms with Gasteiger partial charge in [0.1, 0.15) is 5.76 Å². The summed E-state index contributed by atoms with van der Waals surface area (Å²) < 4.78 is 10.9. The molecule has 1 amide bonds. The van der Waals surface area contributed by atoms with Crippen LogP contribution in [-0.2, 0) is 11.2 Å². The molecule has 0 aromatic carbocycles. The molecule has 1 unspecified atom stereocenters. The molecule has 2 N–H and O–H groups in total. The molecule has 1 fully saturated rings. The van der Waals surface area contributed by atoms with Crippen LogP contribution >= 0.6 is 24.8 Å². The third kappa shape index (κ3) is 4.57. The number of carbonyl (C=O) groups excluding carboxylic acids is 1. The average Bonchev–Trinajstić information content (AvgIpc) is 3.12. The zero-order chi connectivity index (χ0) is 16.6. The number of aromatic nitrogens is 1. The van der Waals surface area contributed by atoms with Crippen LogP contribution in [-0.4, -0.2) is 34.9 Å². The molecular formula is C17H25Cl2N3O3. The lowest BCUT2D eigenvalue weighted by molar-refractivity contribution is -0.133. The number of hydrogen-bond donors (Lipinski definition) is 1. The second-order valence-electron chi connectivity index (χ2n) is 6.88. The van der Waals surface area contributed by atoms with Crippen molar-refractivity contribution in [1.82, 2.24) is 9.88 Å². The summed E-state index contributed by atoms with van der Waals surface area (Å²) in [5.41, 5.74) is 6.73. The number of hydrogen-bond acceptors (Lipinski definition) is 5. The van der Waals surface area contributed by atoms with E-state index in [1.807, 2.05) is 11.8 Å². The second-order valence-corrected chi connectivity index (χ2v) is 6.88. The number of rotatable bonds is 3. The van der Waals surface area contributed by atoms with Gasteiger partial charge < -0.3 is 19.5 Å². The number of amides is 1. The van der Waals surface area contributed by atoms with Gasteiger partial charge in [0.2, 0.25) is 5.91 Å². The number of nitrogens with zero attached hydrogens (tertiary/aromatic N) is 2. The van der Waals surface area contributed by atoms with Crippen molar-refractivity contribution >= 4 is 30.7 Å². The summed E-state index contributed by atoms with van der Waals surface area (Å²) in [5.74, 6) is 1.69. The van der Waals surface area contributed by atoms with E-state index in [4.69, 9.17) is 14.6 Å². The molecule has 2 aromatic rings. The molecule has 3 heterocycles. The highest BCUT2D eigenvalue weighted by Gasteiger charge is 2.35. The van der Waals surface area contributed by atoms with Gasteiger partial charge in [0.05, 0.1) is 18.4 Å². The molecule has 1 aliphatic heterocycles. The number of carbonyl (C=O) groups is 1. The van der Waals surface area contributed by atoms with E-state index < -0.39 is 0 Å². The summed E-state index contributed by atoms with van der Waals surface area (Å²) in [6.45, 7) is 7.40. The number of piperidine rings is 1. The number of oxazole rings is 1. The Balaban J connectivity index is 0.00000156. The Labute approximate surface area is 160 Å². The van der Waals surface area contributed by atoms with E-state index in [1.54, 1.807) is 18.4 Å². The van der Waals surface area contributed by atoms with Gasteiger partial charge in [0, 0.05) is 19.1 Å². The van der Waals surface area contributed by atoms with Gasteiger partial charge in [-0.2, -0.15) is 0 Å². The smallest absolute Gasteiger partial charge is 0.263 e. The first-order chi connectivity index (χ1) is 10.9. The van der Waals surface area contributed by atoms with Crippen LogP contribution in [0.5, 0.6) is 0 Å². The molecule has 6 nitrogen and oxygen atoms in total. The van der Waals surface area contributed by atoms with Gasteiger partial charge in [0.15, 0.2) is 5.76 Å². The van der Waals surface area contributed by atoms with Crippen molar-refractivity contribution in [2.24, 2.45) is 11.1 Å². The first-order valence-electron chi connectivity index (χ1n) is 7.90. The van der Waals surface area contributed by atoms with Crippen molar-refractivity contribution in [3.05, 3.63) is 29.9 Å². The molecule has 3 rings (SSSR count). The third-order valence-corrected chi connectivity index (χ3v) is 4.61. The fraction of sp³-hybridized carbons (Fsp3) is 0.529. The zero-order valence-corrected chi connectivity index (χ0v) is 16.3. The molecule has 1 atom stereocenters. The van der Waals surface area contributed by atoms with Gasteiger partial charge in [-0.15, -0.1) is 24.8 Å². The summed E-state index contributed by atoms with van der Waals surface area (Å²) in [6.07, 6.45) is 2.63. The zero-order valence-electron chi connectivity index (χ0n) is 14.7. The molecule has 140 valence electrons. The molecular weight excluding hydrogens is 365 g/mol. The number of nitrogens with two attached hydrogens (primary N) is 1. The van der Waals surface area contributed by atoms with Crippen LogP contribution in [0.25, 0.3) is 11.7 Å². The molecule has 0 bridgehead atoms. The predicted molar refractivity (Wildman–Crippen MR) is 100 cm³/mol. The molecule has 0 spiro atoms. The van der Waals surface area contributed by atoms with Gasteiger partial charge in [-0.3, -0.25) is 4.79 Å². The van der Waals surface area contributed by atoms with Crippen LogP contribution in [0.4, 0.5) is 0 Å². The monoisotopic (exact) mass is 389 g/mol. The first-order valence-corrected chi connectivity index (χ1v) is 7.90. The van der Waals surface area contributed by atoms with Crippen molar-refractivity contribution < 1.29 is 13.6 Å². The topological polar surface area (TPSA) is 85.5 Å². The Morgan fingerprint density at radius 3 is 2.76 bits per heavy atom. The van der Waals surface area contributed by atoms with Gasteiger partial charge in [-0.1, -0.05) is 13.8 Å². The Bertz CT molecular complexity index is 698. The number of furan rings is 1. The Hall–Kier alpha value is -1.50. The SMILES string of the molecule is Cc1oc(-c2ccco2)nc1CC(=O)N1CCC(N)C(C)(C)C1.Cl.Cl. The van der Waals surface area contributed by atoms with Gasteiger partial charge in [-0.25, -0.2) is 4.98 Å². The minimum atomic E-state index is -0.0634. The van der Waals surface area contributed by atoms with Crippen LogP contribution in [0.2, 0.25) is 0 Å². The van der Waals surface area contributed by atoms with Gasteiger partial charge in [-0.05, 0) is 30.9 Å². The maximum absolute atomic E-state index is 12.6. The summed E-state index contributed by atoms with van der Waals surface area (Å²) >= 11 is 0. The standard InChI is InChI=1S/C17H23N3O3.2ClH/c1-11-12(19-16(23-11)13-5-4-8-22-13)9-15(21)20-7-6-14(18)17(2,3)10-20;;/h4-5,8,14H,6-7,9-10,18H2,1-3H3;2*1H. The van der Waals surface area contributed by atoms with Crippen molar-refractivity contribution in [1.29, 1.82) is 0 Å². The van der Waals surface area contributed by atoms with Crippen LogP contribution in [0.3, 0.4) is 0 Å².